The SMILES string of the molecule is C1CCNNC1.CC. The molecule has 0 saturated carbocycles. The van der Waals surface area contributed by atoms with E-state index in [2.05, 4.69) is 10.9 Å². The molecule has 8 heavy (non-hydrogen) atoms. The summed E-state index contributed by atoms with van der Waals surface area (Å²) in [7, 11) is 0. The first kappa shape index (κ1) is 7.92. The third-order valence-electron chi connectivity index (χ3n) is 0.979. The summed E-state index contributed by atoms with van der Waals surface area (Å²) in [6, 6.07) is 0. The molecule has 1 fully saturated rings. The zero-order valence-corrected chi connectivity index (χ0v) is 5.83. The van der Waals surface area contributed by atoms with E-state index in [-0.39, 0.29) is 0 Å². The molecule has 50 valence electrons. The molecule has 2 heteroatoms. The second-order valence-electron chi connectivity index (χ2n) is 1.56. The first-order chi connectivity index (χ1) is 4.00. The lowest BCUT2D eigenvalue weighted by Gasteiger charge is -2.10. The molecule has 0 aromatic heterocycles. The van der Waals surface area contributed by atoms with Gasteiger partial charge < -0.3 is 0 Å². The van der Waals surface area contributed by atoms with Crippen molar-refractivity contribution in [1.82, 2.24) is 10.9 Å². The van der Waals surface area contributed by atoms with Gasteiger partial charge in [-0.05, 0) is 12.8 Å². The Kier molecular flexibility index (Phi) is 6.85. The van der Waals surface area contributed by atoms with Gasteiger partial charge in [-0.15, -0.1) is 0 Å². The standard InChI is InChI=1S/C4H10N2.C2H6/c1-2-4-6-5-3-1;1-2/h5-6H,1-4H2;1-2H3. The van der Waals surface area contributed by atoms with Crippen molar-refractivity contribution in [2.45, 2.75) is 26.7 Å². The molecular formula is C6H16N2. The third-order valence-corrected chi connectivity index (χ3v) is 0.979. The summed E-state index contributed by atoms with van der Waals surface area (Å²) in [5.74, 6) is 0. The first-order valence-corrected chi connectivity index (χ1v) is 3.46. The van der Waals surface area contributed by atoms with E-state index in [0.29, 0.717) is 0 Å². The summed E-state index contributed by atoms with van der Waals surface area (Å²) in [6.07, 6.45) is 2.65. The van der Waals surface area contributed by atoms with Crippen LogP contribution >= 0.6 is 0 Å². The van der Waals surface area contributed by atoms with Gasteiger partial charge in [0.05, 0.1) is 0 Å². The smallest absolute Gasteiger partial charge is 0.0100 e. The van der Waals surface area contributed by atoms with Gasteiger partial charge in [0.2, 0.25) is 0 Å². The van der Waals surface area contributed by atoms with E-state index in [1.807, 2.05) is 13.8 Å². The molecule has 0 amide bonds. The Morgan fingerprint density at radius 3 is 1.38 bits per heavy atom. The zero-order valence-electron chi connectivity index (χ0n) is 5.83. The maximum Gasteiger partial charge on any atom is 0.0100 e. The normalized spacial score (nSPS) is 18.8. The fourth-order valence-electron chi connectivity index (χ4n) is 0.604. The van der Waals surface area contributed by atoms with Gasteiger partial charge >= 0.3 is 0 Å². The molecule has 1 heterocycles. The summed E-state index contributed by atoms with van der Waals surface area (Å²) in [6.45, 7) is 6.28. The van der Waals surface area contributed by atoms with Crippen LogP contribution in [0.2, 0.25) is 0 Å². The van der Waals surface area contributed by atoms with Crippen LogP contribution in [0.4, 0.5) is 0 Å². The van der Waals surface area contributed by atoms with Crippen LogP contribution in [0.5, 0.6) is 0 Å². The van der Waals surface area contributed by atoms with E-state index < -0.39 is 0 Å². The Labute approximate surface area is 51.6 Å². The van der Waals surface area contributed by atoms with Gasteiger partial charge in [0, 0.05) is 13.1 Å². The van der Waals surface area contributed by atoms with Crippen LogP contribution in [-0.2, 0) is 0 Å². The van der Waals surface area contributed by atoms with Gasteiger partial charge in [-0.25, -0.2) is 0 Å². The van der Waals surface area contributed by atoms with E-state index in [4.69, 9.17) is 0 Å². The van der Waals surface area contributed by atoms with Crippen LogP contribution < -0.4 is 10.9 Å². The fraction of sp³-hybridized carbons (Fsp3) is 1.00. The van der Waals surface area contributed by atoms with Crippen molar-refractivity contribution in [2.24, 2.45) is 0 Å². The number of hydrogen-bond acceptors (Lipinski definition) is 2. The summed E-state index contributed by atoms with van der Waals surface area (Å²) < 4.78 is 0. The van der Waals surface area contributed by atoms with E-state index >= 15 is 0 Å². The summed E-state index contributed by atoms with van der Waals surface area (Å²) >= 11 is 0. The van der Waals surface area contributed by atoms with Crippen molar-refractivity contribution in [3.05, 3.63) is 0 Å². The number of hydrogen-bond donors (Lipinski definition) is 2. The van der Waals surface area contributed by atoms with Crippen molar-refractivity contribution in [1.29, 1.82) is 0 Å². The average Bonchev–Trinajstić information content (AvgIpc) is 1.96. The molecule has 1 aliphatic heterocycles. The van der Waals surface area contributed by atoms with E-state index in [1.54, 1.807) is 0 Å². The maximum atomic E-state index is 3.03. The van der Waals surface area contributed by atoms with Crippen molar-refractivity contribution in [3.8, 4) is 0 Å². The van der Waals surface area contributed by atoms with E-state index in [0.717, 1.165) is 13.1 Å². The van der Waals surface area contributed by atoms with Crippen LogP contribution in [-0.4, -0.2) is 13.1 Å². The highest BCUT2D eigenvalue weighted by molar-refractivity contribution is 4.51. The predicted molar refractivity (Wildman–Crippen MR) is 36.6 cm³/mol. The Balaban J connectivity index is 0.000000222. The molecule has 0 unspecified atom stereocenters. The van der Waals surface area contributed by atoms with Crippen molar-refractivity contribution < 1.29 is 0 Å². The first-order valence-electron chi connectivity index (χ1n) is 3.46. The molecule has 1 saturated heterocycles. The summed E-state index contributed by atoms with van der Waals surface area (Å²) in [4.78, 5) is 0. The minimum Gasteiger partial charge on any atom is -0.258 e. The van der Waals surface area contributed by atoms with E-state index in [9.17, 15) is 0 Å². The highest BCUT2D eigenvalue weighted by Crippen LogP contribution is 1.85. The van der Waals surface area contributed by atoms with Crippen LogP contribution in [0.25, 0.3) is 0 Å². The lowest BCUT2D eigenvalue weighted by Crippen LogP contribution is -2.37. The van der Waals surface area contributed by atoms with Gasteiger partial charge in [0.15, 0.2) is 0 Å². The molecule has 1 rings (SSSR count). The van der Waals surface area contributed by atoms with Crippen molar-refractivity contribution in [2.75, 3.05) is 13.1 Å². The number of rotatable bonds is 0. The molecular weight excluding hydrogens is 100 g/mol. The maximum absolute atomic E-state index is 3.03. The molecule has 0 radical (unpaired) electrons. The molecule has 0 aromatic carbocycles. The Hall–Kier alpha value is -0.0800. The summed E-state index contributed by atoms with van der Waals surface area (Å²) in [5, 5.41) is 0. The number of hydrazine groups is 1. The molecule has 0 aromatic rings. The van der Waals surface area contributed by atoms with Gasteiger partial charge in [-0.2, -0.15) is 0 Å². The van der Waals surface area contributed by atoms with E-state index in [1.165, 1.54) is 12.8 Å². The Bertz CT molecular complexity index is 22.0. The highest BCUT2D eigenvalue weighted by Gasteiger charge is 1.92. The van der Waals surface area contributed by atoms with Crippen LogP contribution in [0.1, 0.15) is 26.7 Å². The van der Waals surface area contributed by atoms with Gasteiger partial charge in [-0.1, -0.05) is 13.8 Å². The van der Waals surface area contributed by atoms with Gasteiger partial charge in [-0.3, -0.25) is 10.9 Å². The van der Waals surface area contributed by atoms with Crippen molar-refractivity contribution >= 4 is 0 Å². The van der Waals surface area contributed by atoms with Crippen LogP contribution in [0.3, 0.4) is 0 Å². The minimum absolute atomic E-state index is 1.14. The molecule has 0 spiro atoms. The Morgan fingerprint density at radius 2 is 1.25 bits per heavy atom. The predicted octanol–water partition coefficient (Wildman–Crippen LogP) is 0.901. The zero-order chi connectivity index (χ0) is 6.24. The molecule has 2 nitrogen and oxygen atoms in total. The largest absolute Gasteiger partial charge is 0.258 e. The van der Waals surface area contributed by atoms with Crippen LogP contribution in [0, 0.1) is 0 Å². The molecule has 0 bridgehead atoms. The molecule has 0 atom stereocenters. The fourth-order valence-corrected chi connectivity index (χ4v) is 0.604. The second kappa shape index (κ2) is 6.92. The highest BCUT2D eigenvalue weighted by atomic mass is 15.4. The minimum atomic E-state index is 1.14. The third kappa shape index (κ3) is 4.09. The lowest BCUT2D eigenvalue weighted by molar-refractivity contribution is 0.443. The number of nitrogens with one attached hydrogen (secondary N) is 2. The average molecular weight is 116 g/mol. The van der Waals surface area contributed by atoms with Crippen LogP contribution in [0.15, 0.2) is 0 Å². The summed E-state index contributed by atoms with van der Waals surface area (Å²) in [5.41, 5.74) is 6.07. The Morgan fingerprint density at radius 1 is 0.875 bits per heavy atom. The second-order valence-corrected chi connectivity index (χ2v) is 1.56. The van der Waals surface area contributed by atoms with Gasteiger partial charge in [0.25, 0.3) is 0 Å². The monoisotopic (exact) mass is 116 g/mol. The molecule has 2 N–H and O–H groups in total. The lowest BCUT2D eigenvalue weighted by atomic mass is 10.3. The molecule has 0 aliphatic carbocycles. The van der Waals surface area contributed by atoms with Crippen molar-refractivity contribution in [3.63, 3.8) is 0 Å². The quantitative estimate of drug-likeness (QED) is 0.491. The molecule has 1 aliphatic rings. The van der Waals surface area contributed by atoms with Gasteiger partial charge in [0.1, 0.15) is 0 Å². The topological polar surface area (TPSA) is 24.1 Å².